The van der Waals surface area contributed by atoms with E-state index in [9.17, 15) is 14.4 Å². The Labute approximate surface area is 152 Å². The summed E-state index contributed by atoms with van der Waals surface area (Å²) in [5.41, 5.74) is 3.68. The van der Waals surface area contributed by atoms with Gasteiger partial charge in [-0.15, -0.1) is 0 Å². The number of methoxy groups -OCH3 is 1. The number of hydrazine groups is 1. The summed E-state index contributed by atoms with van der Waals surface area (Å²) in [4.78, 5) is 36.4. The Balaban J connectivity index is 1.82. The lowest BCUT2D eigenvalue weighted by Crippen LogP contribution is -2.43. The van der Waals surface area contributed by atoms with Gasteiger partial charge in [-0.3, -0.25) is 20.4 Å². The maximum Gasteiger partial charge on any atom is 0.349 e. The van der Waals surface area contributed by atoms with Crippen molar-refractivity contribution in [2.24, 2.45) is 0 Å². The number of carbonyl (C=O) groups excluding carboxylic acids is 2. The molecule has 2 amide bonds. The summed E-state index contributed by atoms with van der Waals surface area (Å²) < 4.78 is 10.3. The van der Waals surface area contributed by atoms with E-state index in [1.807, 2.05) is 0 Å². The van der Waals surface area contributed by atoms with Crippen LogP contribution in [0.25, 0.3) is 11.0 Å². The minimum atomic E-state index is -0.855. The molecule has 1 heterocycles. The van der Waals surface area contributed by atoms with Crippen molar-refractivity contribution >= 4 is 34.4 Å². The van der Waals surface area contributed by atoms with Gasteiger partial charge in [0.05, 0.1) is 17.7 Å². The molecule has 7 nitrogen and oxygen atoms in total. The molecular weight excluding hydrogens is 360 g/mol. The number of ether oxygens (including phenoxy) is 1. The van der Waals surface area contributed by atoms with Crippen LogP contribution in [0, 0.1) is 0 Å². The zero-order chi connectivity index (χ0) is 18.7. The second-order valence-corrected chi connectivity index (χ2v) is 5.62. The first-order valence-corrected chi connectivity index (χ1v) is 7.85. The number of amides is 2. The van der Waals surface area contributed by atoms with Crippen molar-refractivity contribution in [3.05, 3.63) is 75.1 Å². The highest BCUT2D eigenvalue weighted by Crippen LogP contribution is 2.24. The molecule has 1 aromatic heterocycles. The lowest BCUT2D eigenvalue weighted by Gasteiger charge is -2.09. The van der Waals surface area contributed by atoms with Gasteiger partial charge < -0.3 is 9.15 Å². The van der Waals surface area contributed by atoms with Crippen molar-refractivity contribution in [1.82, 2.24) is 10.9 Å². The first-order valence-electron chi connectivity index (χ1n) is 7.47. The second kappa shape index (κ2) is 7.28. The highest BCUT2D eigenvalue weighted by atomic mass is 35.5. The number of halogens is 1. The van der Waals surface area contributed by atoms with Gasteiger partial charge in [-0.25, -0.2) is 4.79 Å². The predicted molar refractivity (Wildman–Crippen MR) is 95.4 cm³/mol. The molecule has 26 heavy (non-hydrogen) atoms. The molecule has 3 aromatic rings. The van der Waals surface area contributed by atoms with E-state index in [1.165, 1.54) is 19.2 Å². The van der Waals surface area contributed by atoms with Gasteiger partial charge >= 0.3 is 5.63 Å². The number of benzene rings is 2. The van der Waals surface area contributed by atoms with Gasteiger partial charge in [0.15, 0.2) is 11.3 Å². The maximum atomic E-state index is 12.2. The lowest BCUT2D eigenvalue weighted by molar-refractivity contribution is 0.0844. The van der Waals surface area contributed by atoms with Crippen LogP contribution in [0.4, 0.5) is 0 Å². The number of fused-ring (bicyclic) bond motifs is 1. The minimum Gasteiger partial charge on any atom is -0.493 e. The second-order valence-electron chi connectivity index (χ2n) is 5.21. The van der Waals surface area contributed by atoms with Gasteiger partial charge in [0.25, 0.3) is 11.8 Å². The molecule has 0 saturated carbocycles. The molecule has 8 heteroatoms. The molecular formula is C18H13ClN2O5. The predicted octanol–water partition coefficient (Wildman–Crippen LogP) is 2.53. The summed E-state index contributed by atoms with van der Waals surface area (Å²) in [5.74, 6) is -1.06. The number of carbonyl (C=O) groups is 2. The van der Waals surface area contributed by atoms with Crippen LogP contribution in [0.5, 0.6) is 5.75 Å². The minimum absolute atomic E-state index is 0.185. The summed E-state index contributed by atoms with van der Waals surface area (Å²) in [5, 5.41) is 0.739. The SMILES string of the molecule is COc1cccc2cc(C(=O)NNC(=O)c3ccccc3Cl)c(=O)oc12. The summed E-state index contributed by atoms with van der Waals surface area (Å²) >= 11 is 5.92. The number of hydrogen-bond acceptors (Lipinski definition) is 5. The van der Waals surface area contributed by atoms with Crippen molar-refractivity contribution in [2.75, 3.05) is 7.11 Å². The average Bonchev–Trinajstić information content (AvgIpc) is 2.65. The number of hydrogen-bond donors (Lipinski definition) is 2. The quantitative estimate of drug-likeness (QED) is 0.544. The van der Waals surface area contributed by atoms with Crippen LogP contribution < -0.4 is 21.2 Å². The molecule has 0 aliphatic heterocycles. The van der Waals surface area contributed by atoms with E-state index in [4.69, 9.17) is 20.8 Å². The van der Waals surface area contributed by atoms with E-state index in [2.05, 4.69) is 10.9 Å². The first kappa shape index (κ1) is 17.5. The molecule has 0 atom stereocenters. The maximum absolute atomic E-state index is 12.2. The summed E-state index contributed by atoms with van der Waals surface area (Å²) in [6, 6.07) is 12.7. The Kier molecular flexibility index (Phi) is 4.90. The fourth-order valence-corrected chi connectivity index (χ4v) is 2.55. The summed E-state index contributed by atoms with van der Waals surface area (Å²) in [7, 11) is 1.44. The monoisotopic (exact) mass is 372 g/mol. The van der Waals surface area contributed by atoms with Crippen LogP contribution in [-0.4, -0.2) is 18.9 Å². The van der Waals surface area contributed by atoms with Gasteiger partial charge in [0.2, 0.25) is 0 Å². The van der Waals surface area contributed by atoms with E-state index < -0.39 is 17.4 Å². The van der Waals surface area contributed by atoms with Crippen molar-refractivity contribution in [3.8, 4) is 5.75 Å². The molecule has 0 spiro atoms. The fourth-order valence-electron chi connectivity index (χ4n) is 2.33. The van der Waals surface area contributed by atoms with Crippen molar-refractivity contribution < 1.29 is 18.7 Å². The molecule has 132 valence electrons. The Morgan fingerprint density at radius 2 is 1.69 bits per heavy atom. The van der Waals surface area contributed by atoms with Crippen LogP contribution in [0.3, 0.4) is 0 Å². The third-order valence-corrected chi connectivity index (χ3v) is 3.93. The van der Waals surface area contributed by atoms with Crippen molar-refractivity contribution in [3.63, 3.8) is 0 Å². The summed E-state index contributed by atoms with van der Waals surface area (Å²) in [6.07, 6.45) is 0. The molecule has 0 unspecified atom stereocenters. The normalized spacial score (nSPS) is 10.4. The molecule has 0 aliphatic rings. The van der Waals surface area contributed by atoms with Gasteiger partial charge in [-0.2, -0.15) is 0 Å². The zero-order valence-corrected chi connectivity index (χ0v) is 14.3. The first-order chi connectivity index (χ1) is 12.5. The summed E-state index contributed by atoms with van der Waals surface area (Å²) in [6.45, 7) is 0. The zero-order valence-electron chi connectivity index (χ0n) is 13.5. The number of rotatable bonds is 3. The molecule has 0 radical (unpaired) electrons. The third kappa shape index (κ3) is 3.38. The Morgan fingerprint density at radius 1 is 1.00 bits per heavy atom. The van der Waals surface area contributed by atoms with E-state index in [0.29, 0.717) is 11.1 Å². The number of nitrogens with one attached hydrogen (secondary N) is 2. The molecule has 0 aliphatic carbocycles. The van der Waals surface area contributed by atoms with Crippen LogP contribution in [0.2, 0.25) is 5.02 Å². The fraction of sp³-hybridized carbons (Fsp3) is 0.0556. The van der Waals surface area contributed by atoms with Gasteiger partial charge in [0, 0.05) is 5.39 Å². The lowest BCUT2D eigenvalue weighted by atomic mass is 10.1. The molecule has 0 saturated heterocycles. The smallest absolute Gasteiger partial charge is 0.349 e. The van der Waals surface area contributed by atoms with Gasteiger partial charge in [-0.05, 0) is 24.3 Å². The van der Waals surface area contributed by atoms with Gasteiger partial charge in [-0.1, -0.05) is 35.9 Å². The van der Waals surface area contributed by atoms with Gasteiger partial charge in [0.1, 0.15) is 5.56 Å². The van der Waals surface area contributed by atoms with E-state index in [0.717, 1.165) is 0 Å². The standard InChI is InChI=1S/C18H13ClN2O5/c1-25-14-8-4-5-10-9-12(18(24)26-15(10)14)17(23)21-20-16(22)11-6-2-3-7-13(11)19/h2-9H,1H3,(H,20,22)(H,21,23). The van der Waals surface area contributed by atoms with E-state index >= 15 is 0 Å². The van der Waals surface area contributed by atoms with E-state index in [1.54, 1.807) is 36.4 Å². The van der Waals surface area contributed by atoms with Crippen LogP contribution >= 0.6 is 11.6 Å². The van der Waals surface area contributed by atoms with Crippen LogP contribution in [-0.2, 0) is 0 Å². The Morgan fingerprint density at radius 3 is 2.38 bits per heavy atom. The van der Waals surface area contributed by atoms with Crippen molar-refractivity contribution in [2.45, 2.75) is 0 Å². The van der Waals surface area contributed by atoms with Crippen molar-refractivity contribution in [1.29, 1.82) is 0 Å². The van der Waals surface area contributed by atoms with Crippen LogP contribution in [0.1, 0.15) is 20.7 Å². The molecule has 2 N–H and O–H groups in total. The molecule has 0 fully saturated rings. The average molecular weight is 373 g/mol. The molecule has 0 bridgehead atoms. The third-order valence-electron chi connectivity index (χ3n) is 3.60. The molecule has 3 rings (SSSR count). The highest BCUT2D eigenvalue weighted by molar-refractivity contribution is 6.33. The Hall–Kier alpha value is -3.32. The highest BCUT2D eigenvalue weighted by Gasteiger charge is 2.17. The molecule has 2 aromatic carbocycles. The Bertz CT molecular complexity index is 1060. The number of para-hydroxylation sites is 1. The largest absolute Gasteiger partial charge is 0.493 e. The van der Waals surface area contributed by atoms with E-state index in [-0.39, 0.29) is 21.7 Å². The topological polar surface area (TPSA) is 97.6 Å². The van der Waals surface area contributed by atoms with Crippen LogP contribution in [0.15, 0.2) is 57.7 Å².